The lowest BCUT2D eigenvalue weighted by molar-refractivity contribution is 0.1000. The molecular formula is C7H8N4O. The van der Waals surface area contributed by atoms with Crippen molar-refractivity contribution in [2.45, 2.75) is 13.5 Å². The molecule has 62 valence electrons. The van der Waals surface area contributed by atoms with Crippen LogP contribution in [-0.4, -0.2) is 15.7 Å². The van der Waals surface area contributed by atoms with Crippen molar-refractivity contribution in [3.63, 3.8) is 0 Å². The molecule has 0 atom stereocenters. The summed E-state index contributed by atoms with van der Waals surface area (Å²) in [4.78, 5) is 10.7. The van der Waals surface area contributed by atoms with Crippen LogP contribution in [0.25, 0.3) is 0 Å². The third-order valence-corrected chi connectivity index (χ3v) is 1.46. The summed E-state index contributed by atoms with van der Waals surface area (Å²) in [6.07, 6.45) is 1.47. The highest BCUT2D eigenvalue weighted by molar-refractivity contribution is 5.94. The van der Waals surface area contributed by atoms with Crippen LogP contribution in [0.5, 0.6) is 0 Å². The van der Waals surface area contributed by atoms with Gasteiger partial charge in [-0.2, -0.15) is 10.4 Å². The van der Waals surface area contributed by atoms with Crippen LogP contribution in [0.15, 0.2) is 6.20 Å². The molecule has 0 bridgehead atoms. The molecule has 2 N–H and O–H groups in total. The zero-order chi connectivity index (χ0) is 9.14. The number of rotatable bonds is 2. The Morgan fingerprint density at radius 2 is 2.58 bits per heavy atom. The molecule has 12 heavy (non-hydrogen) atoms. The number of hydrogen-bond acceptors (Lipinski definition) is 3. The second-order valence-corrected chi connectivity index (χ2v) is 2.22. The predicted molar refractivity (Wildman–Crippen MR) is 41.1 cm³/mol. The first-order chi connectivity index (χ1) is 5.69. The van der Waals surface area contributed by atoms with E-state index in [0.29, 0.717) is 6.54 Å². The van der Waals surface area contributed by atoms with E-state index in [1.807, 2.05) is 6.92 Å². The number of carbonyl (C=O) groups is 1. The van der Waals surface area contributed by atoms with Gasteiger partial charge in [0.25, 0.3) is 5.91 Å². The molecule has 0 radical (unpaired) electrons. The summed E-state index contributed by atoms with van der Waals surface area (Å²) < 4.78 is 1.50. The quantitative estimate of drug-likeness (QED) is 0.660. The zero-order valence-corrected chi connectivity index (χ0v) is 6.61. The Balaban J connectivity index is 3.19. The molecule has 1 aromatic heterocycles. The van der Waals surface area contributed by atoms with Crippen LogP contribution in [0.3, 0.4) is 0 Å². The summed E-state index contributed by atoms with van der Waals surface area (Å²) in [6.45, 7) is 2.47. The molecule has 0 aliphatic carbocycles. The Kier molecular flexibility index (Phi) is 2.10. The molecule has 0 unspecified atom stereocenters. The molecular weight excluding hydrogens is 156 g/mol. The standard InChI is InChI=1S/C7H8N4O/c1-2-11-4-5(7(9)12)6(3-8)10-11/h4H,2H2,1H3,(H2,9,12). The summed E-state index contributed by atoms with van der Waals surface area (Å²) in [7, 11) is 0. The van der Waals surface area contributed by atoms with Gasteiger partial charge < -0.3 is 5.73 Å². The highest BCUT2D eigenvalue weighted by Crippen LogP contribution is 2.03. The lowest BCUT2D eigenvalue weighted by Gasteiger charge is -1.88. The van der Waals surface area contributed by atoms with Gasteiger partial charge in [0.05, 0.1) is 5.56 Å². The van der Waals surface area contributed by atoms with Crippen LogP contribution in [-0.2, 0) is 6.54 Å². The summed E-state index contributed by atoms with van der Waals surface area (Å²) >= 11 is 0. The van der Waals surface area contributed by atoms with Crippen LogP contribution in [0.2, 0.25) is 0 Å². The molecule has 5 heteroatoms. The summed E-state index contributed by atoms with van der Waals surface area (Å²) in [5.74, 6) is -0.619. The molecule has 0 saturated heterocycles. The average molecular weight is 164 g/mol. The van der Waals surface area contributed by atoms with E-state index in [-0.39, 0.29) is 11.3 Å². The van der Waals surface area contributed by atoms with Crippen LogP contribution < -0.4 is 5.73 Å². The number of aryl methyl sites for hydroxylation is 1. The summed E-state index contributed by atoms with van der Waals surface area (Å²) in [6, 6.07) is 1.80. The number of nitriles is 1. The van der Waals surface area contributed by atoms with Crippen LogP contribution in [0.4, 0.5) is 0 Å². The normalized spacial score (nSPS) is 9.33. The van der Waals surface area contributed by atoms with E-state index >= 15 is 0 Å². The average Bonchev–Trinajstić information content (AvgIpc) is 2.47. The maximum absolute atomic E-state index is 10.7. The topological polar surface area (TPSA) is 84.7 Å². The van der Waals surface area contributed by atoms with Gasteiger partial charge in [-0.3, -0.25) is 9.48 Å². The van der Waals surface area contributed by atoms with Gasteiger partial charge in [-0.15, -0.1) is 0 Å². The smallest absolute Gasteiger partial charge is 0.253 e. The van der Waals surface area contributed by atoms with Crippen molar-refractivity contribution in [3.8, 4) is 6.07 Å². The predicted octanol–water partition coefficient (Wildman–Crippen LogP) is -0.126. The fraction of sp³-hybridized carbons (Fsp3) is 0.286. The van der Waals surface area contributed by atoms with Gasteiger partial charge in [-0.05, 0) is 6.92 Å². The zero-order valence-electron chi connectivity index (χ0n) is 6.61. The first-order valence-corrected chi connectivity index (χ1v) is 3.46. The molecule has 0 fully saturated rings. The van der Waals surface area contributed by atoms with E-state index < -0.39 is 5.91 Å². The van der Waals surface area contributed by atoms with E-state index in [9.17, 15) is 4.79 Å². The van der Waals surface area contributed by atoms with Gasteiger partial charge in [0.2, 0.25) is 0 Å². The van der Waals surface area contributed by atoms with Gasteiger partial charge in [0.15, 0.2) is 5.69 Å². The summed E-state index contributed by atoms with van der Waals surface area (Å²) in [5, 5.41) is 12.4. The van der Waals surface area contributed by atoms with Gasteiger partial charge in [-0.25, -0.2) is 0 Å². The number of primary amides is 1. The first kappa shape index (κ1) is 8.27. The number of hydrogen-bond donors (Lipinski definition) is 1. The number of amides is 1. The Morgan fingerprint density at radius 1 is 1.92 bits per heavy atom. The fourth-order valence-corrected chi connectivity index (χ4v) is 0.846. The molecule has 1 amide bonds. The maximum atomic E-state index is 10.7. The largest absolute Gasteiger partial charge is 0.365 e. The van der Waals surface area contributed by atoms with Crippen molar-refractivity contribution < 1.29 is 4.79 Å². The Hall–Kier alpha value is -1.83. The molecule has 0 saturated carbocycles. The first-order valence-electron chi connectivity index (χ1n) is 3.46. The Labute approximate surface area is 69.4 Å². The van der Waals surface area contributed by atoms with Gasteiger partial charge in [0.1, 0.15) is 6.07 Å². The monoisotopic (exact) mass is 164 g/mol. The molecule has 0 aliphatic rings. The highest BCUT2D eigenvalue weighted by atomic mass is 16.1. The van der Waals surface area contributed by atoms with Crippen LogP contribution >= 0.6 is 0 Å². The van der Waals surface area contributed by atoms with E-state index in [4.69, 9.17) is 11.0 Å². The van der Waals surface area contributed by atoms with Crippen LogP contribution in [0.1, 0.15) is 23.0 Å². The van der Waals surface area contributed by atoms with Gasteiger partial charge >= 0.3 is 0 Å². The third kappa shape index (κ3) is 1.27. The van der Waals surface area contributed by atoms with Crippen molar-refractivity contribution >= 4 is 5.91 Å². The van der Waals surface area contributed by atoms with E-state index in [1.54, 1.807) is 6.07 Å². The summed E-state index contributed by atoms with van der Waals surface area (Å²) in [5.41, 5.74) is 5.28. The molecule has 1 rings (SSSR count). The number of nitrogens with two attached hydrogens (primary N) is 1. The second kappa shape index (κ2) is 3.05. The molecule has 5 nitrogen and oxygen atoms in total. The third-order valence-electron chi connectivity index (χ3n) is 1.46. The minimum Gasteiger partial charge on any atom is -0.365 e. The lowest BCUT2D eigenvalue weighted by Crippen LogP contribution is -2.11. The van der Waals surface area contributed by atoms with Crippen molar-refractivity contribution in [3.05, 3.63) is 17.5 Å². The highest BCUT2D eigenvalue weighted by Gasteiger charge is 2.11. The fourth-order valence-electron chi connectivity index (χ4n) is 0.846. The molecule has 0 aliphatic heterocycles. The Bertz CT molecular complexity index is 347. The number of nitrogens with zero attached hydrogens (tertiary/aromatic N) is 3. The van der Waals surface area contributed by atoms with Crippen molar-refractivity contribution in [2.75, 3.05) is 0 Å². The number of carbonyl (C=O) groups excluding carboxylic acids is 1. The van der Waals surface area contributed by atoms with Crippen molar-refractivity contribution in [2.24, 2.45) is 5.73 Å². The molecule has 0 aromatic carbocycles. The van der Waals surface area contributed by atoms with E-state index in [1.165, 1.54) is 10.9 Å². The molecule has 1 aromatic rings. The van der Waals surface area contributed by atoms with E-state index in [0.717, 1.165) is 0 Å². The minimum atomic E-state index is -0.619. The van der Waals surface area contributed by atoms with Gasteiger partial charge in [0, 0.05) is 12.7 Å². The SMILES string of the molecule is CCn1cc(C(N)=O)c(C#N)n1. The second-order valence-electron chi connectivity index (χ2n) is 2.22. The maximum Gasteiger partial charge on any atom is 0.253 e. The Morgan fingerprint density at radius 3 is 2.92 bits per heavy atom. The van der Waals surface area contributed by atoms with E-state index in [2.05, 4.69) is 5.10 Å². The minimum absolute atomic E-state index is 0.0874. The molecule has 1 heterocycles. The van der Waals surface area contributed by atoms with Crippen molar-refractivity contribution in [1.82, 2.24) is 9.78 Å². The van der Waals surface area contributed by atoms with Crippen LogP contribution in [0, 0.1) is 11.3 Å². The van der Waals surface area contributed by atoms with Gasteiger partial charge in [-0.1, -0.05) is 0 Å². The lowest BCUT2D eigenvalue weighted by atomic mass is 10.2. The number of aromatic nitrogens is 2. The van der Waals surface area contributed by atoms with Crippen molar-refractivity contribution in [1.29, 1.82) is 5.26 Å². The molecule has 0 spiro atoms.